The quantitative estimate of drug-likeness (QED) is 0.644. The first-order chi connectivity index (χ1) is 7.27. The van der Waals surface area contributed by atoms with Crippen molar-refractivity contribution < 1.29 is 0 Å². The van der Waals surface area contributed by atoms with Crippen molar-refractivity contribution in [3.8, 4) is 0 Å². The van der Waals surface area contributed by atoms with Gasteiger partial charge in [-0.15, -0.1) is 0 Å². The van der Waals surface area contributed by atoms with Crippen molar-refractivity contribution in [2.45, 2.75) is 38.6 Å². The molecule has 2 atom stereocenters. The Labute approximate surface area is 93.2 Å². The second-order valence-electron chi connectivity index (χ2n) is 5.38. The third kappa shape index (κ3) is 2.19. The summed E-state index contributed by atoms with van der Waals surface area (Å²) in [4.78, 5) is 0. The van der Waals surface area contributed by atoms with Gasteiger partial charge in [0.15, 0.2) is 0 Å². The highest BCUT2D eigenvalue weighted by Crippen LogP contribution is 2.38. The molecular formula is C12H25N3. The van der Waals surface area contributed by atoms with Crippen molar-refractivity contribution in [2.75, 3.05) is 26.2 Å². The van der Waals surface area contributed by atoms with Gasteiger partial charge in [-0.1, -0.05) is 6.92 Å². The first kappa shape index (κ1) is 11.4. The van der Waals surface area contributed by atoms with Crippen molar-refractivity contribution in [3.63, 3.8) is 0 Å². The molecule has 2 fully saturated rings. The van der Waals surface area contributed by atoms with Gasteiger partial charge in [0.05, 0.1) is 0 Å². The van der Waals surface area contributed by atoms with Crippen LogP contribution in [-0.4, -0.2) is 32.2 Å². The average Bonchev–Trinajstić information content (AvgIpc) is 2.83. The summed E-state index contributed by atoms with van der Waals surface area (Å²) in [6.07, 6.45) is 5.24. The van der Waals surface area contributed by atoms with Crippen LogP contribution in [0.1, 0.15) is 32.6 Å². The summed E-state index contributed by atoms with van der Waals surface area (Å²) in [6, 6.07) is 0.658. The number of nitrogens with one attached hydrogen (secondary N) is 2. The number of hydrogen-bond donors (Lipinski definition) is 3. The van der Waals surface area contributed by atoms with Crippen molar-refractivity contribution >= 4 is 0 Å². The van der Waals surface area contributed by atoms with Gasteiger partial charge in [-0.25, -0.2) is 0 Å². The van der Waals surface area contributed by atoms with Gasteiger partial charge in [0.1, 0.15) is 0 Å². The number of nitrogens with two attached hydrogens (primary N) is 1. The molecule has 2 unspecified atom stereocenters. The van der Waals surface area contributed by atoms with E-state index in [9.17, 15) is 0 Å². The lowest BCUT2D eigenvalue weighted by Gasteiger charge is -2.43. The van der Waals surface area contributed by atoms with Crippen LogP contribution in [0.5, 0.6) is 0 Å². The van der Waals surface area contributed by atoms with Gasteiger partial charge >= 0.3 is 0 Å². The second-order valence-corrected chi connectivity index (χ2v) is 5.38. The summed E-state index contributed by atoms with van der Waals surface area (Å²) in [5, 5.41) is 7.09. The van der Waals surface area contributed by atoms with Gasteiger partial charge in [-0.3, -0.25) is 0 Å². The van der Waals surface area contributed by atoms with Crippen LogP contribution in [0.3, 0.4) is 0 Å². The zero-order valence-corrected chi connectivity index (χ0v) is 9.89. The normalized spacial score (nSPS) is 32.8. The SMILES string of the molecule is CC(CN)(C1CCNCC1)C1CCCN1. The Balaban J connectivity index is 2.04. The summed E-state index contributed by atoms with van der Waals surface area (Å²) < 4.78 is 0. The molecule has 0 aliphatic carbocycles. The molecule has 3 heteroatoms. The molecule has 2 aliphatic rings. The van der Waals surface area contributed by atoms with E-state index < -0.39 is 0 Å². The van der Waals surface area contributed by atoms with Gasteiger partial charge < -0.3 is 16.4 Å². The van der Waals surface area contributed by atoms with Gasteiger partial charge in [0.2, 0.25) is 0 Å². The van der Waals surface area contributed by atoms with Gasteiger partial charge in [-0.05, 0) is 63.2 Å². The second kappa shape index (κ2) is 4.81. The van der Waals surface area contributed by atoms with Crippen LogP contribution in [-0.2, 0) is 0 Å². The van der Waals surface area contributed by atoms with Gasteiger partial charge in [-0.2, -0.15) is 0 Å². The fourth-order valence-electron chi connectivity index (χ4n) is 3.32. The molecule has 0 spiro atoms. The summed E-state index contributed by atoms with van der Waals surface area (Å²) in [7, 11) is 0. The van der Waals surface area contributed by atoms with Crippen LogP contribution in [0.4, 0.5) is 0 Å². The third-order valence-electron chi connectivity index (χ3n) is 4.57. The number of rotatable bonds is 3. The molecule has 2 saturated heterocycles. The van der Waals surface area contributed by atoms with Crippen molar-refractivity contribution in [1.82, 2.24) is 10.6 Å². The van der Waals surface area contributed by atoms with Crippen molar-refractivity contribution in [1.29, 1.82) is 0 Å². The molecule has 88 valence electrons. The molecule has 0 aromatic carbocycles. The predicted molar refractivity (Wildman–Crippen MR) is 63.8 cm³/mol. The molecule has 3 nitrogen and oxygen atoms in total. The van der Waals surface area contributed by atoms with E-state index in [0.29, 0.717) is 11.5 Å². The maximum Gasteiger partial charge on any atom is 0.0136 e. The van der Waals surface area contributed by atoms with E-state index in [1.807, 2.05) is 0 Å². The smallest absolute Gasteiger partial charge is 0.0136 e. The first-order valence-electron chi connectivity index (χ1n) is 6.41. The van der Waals surface area contributed by atoms with E-state index in [2.05, 4.69) is 17.6 Å². The van der Waals surface area contributed by atoms with E-state index >= 15 is 0 Å². The molecule has 0 bridgehead atoms. The Kier molecular flexibility index (Phi) is 3.65. The fraction of sp³-hybridized carbons (Fsp3) is 1.00. The zero-order valence-electron chi connectivity index (χ0n) is 9.89. The molecule has 2 rings (SSSR count). The van der Waals surface area contributed by atoms with Crippen LogP contribution in [0.15, 0.2) is 0 Å². The maximum absolute atomic E-state index is 6.06. The molecular weight excluding hydrogens is 186 g/mol. The topological polar surface area (TPSA) is 50.1 Å². The van der Waals surface area contributed by atoms with Crippen LogP contribution >= 0.6 is 0 Å². The van der Waals surface area contributed by atoms with Crippen LogP contribution in [0, 0.1) is 11.3 Å². The monoisotopic (exact) mass is 211 g/mol. The summed E-state index contributed by atoms with van der Waals surface area (Å²) >= 11 is 0. The van der Waals surface area contributed by atoms with Crippen LogP contribution in [0.2, 0.25) is 0 Å². The van der Waals surface area contributed by atoms with E-state index in [-0.39, 0.29) is 0 Å². The first-order valence-corrected chi connectivity index (χ1v) is 6.41. The minimum atomic E-state index is 0.318. The lowest BCUT2D eigenvalue weighted by molar-refractivity contribution is 0.108. The van der Waals surface area contributed by atoms with Crippen LogP contribution < -0.4 is 16.4 Å². The Morgan fingerprint density at radius 1 is 1.20 bits per heavy atom. The standard InChI is InChI=1S/C12H25N3/c1-12(9-13,11-3-2-6-15-11)10-4-7-14-8-5-10/h10-11,14-15H,2-9,13H2,1H3. The number of hydrogen-bond acceptors (Lipinski definition) is 3. The van der Waals surface area contributed by atoms with Gasteiger partial charge in [0.25, 0.3) is 0 Å². The minimum absolute atomic E-state index is 0.318. The largest absolute Gasteiger partial charge is 0.330 e. The molecule has 0 radical (unpaired) electrons. The lowest BCUT2D eigenvalue weighted by Crippen LogP contribution is -2.51. The van der Waals surface area contributed by atoms with E-state index in [1.165, 1.54) is 45.3 Å². The zero-order chi connectivity index (χ0) is 10.7. The van der Waals surface area contributed by atoms with Crippen LogP contribution in [0.25, 0.3) is 0 Å². The highest BCUT2D eigenvalue weighted by Gasteiger charge is 2.41. The van der Waals surface area contributed by atoms with E-state index in [1.54, 1.807) is 0 Å². The Bertz CT molecular complexity index is 195. The van der Waals surface area contributed by atoms with Crippen molar-refractivity contribution in [3.05, 3.63) is 0 Å². The van der Waals surface area contributed by atoms with E-state index in [0.717, 1.165) is 12.5 Å². The van der Waals surface area contributed by atoms with E-state index in [4.69, 9.17) is 5.73 Å². The molecule has 0 aromatic rings. The lowest BCUT2D eigenvalue weighted by atomic mass is 9.67. The minimum Gasteiger partial charge on any atom is -0.330 e. The summed E-state index contributed by atoms with van der Waals surface area (Å²) in [5.41, 5.74) is 6.38. The molecule has 2 heterocycles. The highest BCUT2D eigenvalue weighted by molar-refractivity contribution is 4.97. The third-order valence-corrected chi connectivity index (χ3v) is 4.57. The highest BCUT2D eigenvalue weighted by atomic mass is 15.0. The number of piperidine rings is 1. The molecule has 15 heavy (non-hydrogen) atoms. The Hall–Kier alpha value is -0.120. The molecule has 0 aromatic heterocycles. The molecule has 0 saturated carbocycles. The molecule has 2 aliphatic heterocycles. The fourth-order valence-corrected chi connectivity index (χ4v) is 3.32. The molecule has 4 N–H and O–H groups in total. The average molecular weight is 211 g/mol. The maximum atomic E-state index is 6.06. The Morgan fingerprint density at radius 2 is 1.93 bits per heavy atom. The van der Waals surface area contributed by atoms with Crippen molar-refractivity contribution in [2.24, 2.45) is 17.1 Å². The molecule has 0 amide bonds. The summed E-state index contributed by atoms with van der Waals surface area (Å²) in [6.45, 7) is 6.76. The predicted octanol–water partition coefficient (Wildman–Crippen LogP) is 0.703. The van der Waals surface area contributed by atoms with Gasteiger partial charge in [0, 0.05) is 6.04 Å². The summed E-state index contributed by atoms with van der Waals surface area (Å²) in [5.74, 6) is 0.805. The Morgan fingerprint density at radius 3 is 2.47 bits per heavy atom.